The van der Waals surface area contributed by atoms with Gasteiger partial charge in [-0.05, 0) is 48.8 Å². The largest absolute Gasteiger partial charge is 0.302 e. The summed E-state index contributed by atoms with van der Waals surface area (Å²) in [6, 6.07) is 13.1. The van der Waals surface area contributed by atoms with E-state index in [4.69, 9.17) is 0 Å². The lowest BCUT2D eigenvalue weighted by molar-refractivity contribution is 0.211. The van der Waals surface area contributed by atoms with Crippen LogP contribution in [0.15, 0.2) is 47.4 Å². The molecule has 0 unspecified atom stereocenters. The minimum absolute atomic E-state index is 0.00479. The number of piperidine rings is 1. The number of benzene rings is 2. The van der Waals surface area contributed by atoms with Crippen LogP contribution in [-0.2, 0) is 10.0 Å². The summed E-state index contributed by atoms with van der Waals surface area (Å²) < 4.78 is 28.1. The Hall–Kier alpha value is -1.43. The van der Waals surface area contributed by atoms with Crippen molar-refractivity contribution in [3.8, 4) is 0 Å². The molecule has 2 aromatic rings. The van der Waals surface area contributed by atoms with Crippen molar-refractivity contribution in [2.45, 2.75) is 30.7 Å². The molecule has 0 aromatic heterocycles. The highest BCUT2D eigenvalue weighted by atomic mass is 32.2. The molecule has 0 amide bonds. The number of sulfonamides is 1. The summed E-state index contributed by atoms with van der Waals surface area (Å²) in [4.78, 5) is 2.64. The van der Waals surface area contributed by atoms with Crippen molar-refractivity contribution in [3.05, 3.63) is 42.5 Å². The van der Waals surface area contributed by atoms with Crippen LogP contribution in [0, 0.1) is 0 Å². The maximum Gasteiger partial charge on any atom is 0.240 e. The quantitative estimate of drug-likeness (QED) is 0.943. The summed E-state index contributed by atoms with van der Waals surface area (Å²) in [6.45, 7) is 4.93. The molecule has 1 fully saturated rings. The van der Waals surface area contributed by atoms with Crippen molar-refractivity contribution >= 4 is 20.8 Å². The van der Waals surface area contributed by atoms with Crippen molar-refractivity contribution in [2.75, 3.05) is 19.6 Å². The summed E-state index contributed by atoms with van der Waals surface area (Å²) >= 11 is 0. The van der Waals surface area contributed by atoms with Gasteiger partial charge in [0.2, 0.25) is 10.0 Å². The van der Waals surface area contributed by atoms with Gasteiger partial charge in [-0.1, -0.05) is 37.3 Å². The van der Waals surface area contributed by atoms with Crippen LogP contribution in [0.4, 0.5) is 0 Å². The number of rotatable bonds is 4. The smallest absolute Gasteiger partial charge is 0.240 e. The zero-order valence-electron chi connectivity index (χ0n) is 12.8. The summed E-state index contributed by atoms with van der Waals surface area (Å²) in [7, 11) is -3.46. The first-order valence-electron chi connectivity index (χ1n) is 7.82. The molecule has 1 aliphatic heterocycles. The highest BCUT2D eigenvalue weighted by molar-refractivity contribution is 7.89. The second kappa shape index (κ2) is 6.36. The predicted octanol–water partition coefficient (Wildman–Crippen LogP) is 2.60. The fourth-order valence-corrected chi connectivity index (χ4v) is 4.36. The van der Waals surface area contributed by atoms with Gasteiger partial charge >= 0.3 is 0 Å². The molecule has 0 saturated carbocycles. The van der Waals surface area contributed by atoms with E-state index in [-0.39, 0.29) is 6.04 Å². The van der Waals surface area contributed by atoms with Gasteiger partial charge in [-0.15, -0.1) is 0 Å². The van der Waals surface area contributed by atoms with Gasteiger partial charge in [0.1, 0.15) is 0 Å². The first-order valence-corrected chi connectivity index (χ1v) is 9.30. The minimum atomic E-state index is -3.46. The van der Waals surface area contributed by atoms with E-state index in [9.17, 15) is 8.42 Å². The van der Waals surface area contributed by atoms with Gasteiger partial charge in [0.25, 0.3) is 0 Å². The number of hydrogen-bond donors (Lipinski definition) is 1. The van der Waals surface area contributed by atoms with Crippen LogP contribution in [0.1, 0.15) is 19.8 Å². The SMILES string of the molecule is CCN1CCC[C@H](NS(=O)(=O)c2ccc3ccccc3c2)C1. The van der Waals surface area contributed by atoms with E-state index >= 15 is 0 Å². The number of hydrogen-bond acceptors (Lipinski definition) is 3. The number of likely N-dealkylation sites (tertiary alicyclic amines) is 1. The molecule has 1 N–H and O–H groups in total. The average Bonchev–Trinajstić information content (AvgIpc) is 2.54. The molecule has 4 nitrogen and oxygen atoms in total. The van der Waals surface area contributed by atoms with Crippen molar-refractivity contribution in [3.63, 3.8) is 0 Å². The molecule has 2 aromatic carbocycles. The van der Waals surface area contributed by atoms with Crippen LogP contribution in [0.25, 0.3) is 10.8 Å². The molecule has 0 bridgehead atoms. The van der Waals surface area contributed by atoms with Gasteiger partial charge < -0.3 is 4.90 Å². The van der Waals surface area contributed by atoms with Crippen LogP contribution >= 0.6 is 0 Å². The normalized spacial score (nSPS) is 20.3. The summed E-state index contributed by atoms with van der Waals surface area (Å²) in [5.41, 5.74) is 0. The van der Waals surface area contributed by atoms with E-state index in [1.165, 1.54) is 0 Å². The van der Waals surface area contributed by atoms with Crippen LogP contribution in [0.2, 0.25) is 0 Å². The maximum absolute atomic E-state index is 12.6. The molecule has 0 spiro atoms. The second-order valence-electron chi connectivity index (χ2n) is 5.86. The first-order chi connectivity index (χ1) is 10.6. The maximum atomic E-state index is 12.6. The van der Waals surface area contributed by atoms with E-state index in [1.807, 2.05) is 30.3 Å². The Morgan fingerprint density at radius 3 is 2.73 bits per heavy atom. The molecule has 1 atom stereocenters. The molecule has 22 heavy (non-hydrogen) atoms. The van der Waals surface area contributed by atoms with Gasteiger partial charge in [0.15, 0.2) is 0 Å². The lowest BCUT2D eigenvalue weighted by atomic mass is 10.1. The third kappa shape index (κ3) is 3.32. The van der Waals surface area contributed by atoms with Gasteiger partial charge in [0.05, 0.1) is 4.90 Å². The Balaban J connectivity index is 1.81. The van der Waals surface area contributed by atoms with E-state index < -0.39 is 10.0 Å². The Labute approximate surface area is 132 Å². The molecule has 118 valence electrons. The minimum Gasteiger partial charge on any atom is -0.302 e. The lowest BCUT2D eigenvalue weighted by Gasteiger charge is -2.32. The molecule has 0 radical (unpaired) electrons. The zero-order chi connectivity index (χ0) is 15.6. The Bertz CT molecular complexity index is 758. The topological polar surface area (TPSA) is 49.4 Å². The fraction of sp³-hybridized carbons (Fsp3) is 0.412. The molecular formula is C17H22N2O2S. The van der Waals surface area contributed by atoms with E-state index in [0.29, 0.717) is 4.90 Å². The van der Waals surface area contributed by atoms with Crippen LogP contribution < -0.4 is 4.72 Å². The number of fused-ring (bicyclic) bond motifs is 1. The van der Waals surface area contributed by atoms with Gasteiger partial charge in [0, 0.05) is 12.6 Å². The van der Waals surface area contributed by atoms with Crippen molar-refractivity contribution in [1.82, 2.24) is 9.62 Å². The zero-order valence-corrected chi connectivity index (χ0v) is 13.6. The van der Waals surface area contributed by atoms with Gasteiger partial charge in [-0.25, -0.2) is 13.1 Å². The Kier molecular flexibility index (Phi) is 4.47. The molecular weight excluding hydrogens is 296 g/mol. The molecule has 1 heterocycles. The first kappa shape index (κ1) is 15.5. The number of nitrogens with one attached hydrogen (secondary N) is 1. The second-order valence-corrected chi connectivity index (χ2v) is 7.58. The number of nitrogens with zero attached hydrogens (tertiary/aromatic N) is 1. The average molecular weight is 318 g/mol. The van der Waals surface area contributed by atoms with Crippen molar-refractivity contribution in [2.24, 2.45) is 0 Å². The molecule has 1 aliphatic rings. The third-order valence-electron chi connectivity index (χ3n) is 4.31. The summed E-state index contributed by atoms with van der Waals surface area (Å²) in [5, 5.41) is 2.00. The van der Waals surface area contributed by atoms with Gasteiger partial charge in [-0.3, -0.25) is 0 Å². The highest BCUT2D eigenvalue weighted by Gasteiger charge is 2.24. The van der Waals surface area contributed by atoms with E-state index in [2.05, 4.69) is 16.5 Å². The lowest BCUT2D eigenvalue weighted by Crippen LogP contribution is -2.47. The Morgan fingerprint density at radius 2 is 1.95 bits per heavy atom. The van der Waals surface area contributed by atoms with E-state index in [1.54, 1.807) is 12.1 Å². The standard InChI is InChI=1S/C17H22N2O2S/c1-2-19-11-5-8-16(13-19)18-22(20,21)17-10-9-14-6-3-4-7-15(14)12-17/h3-4,6-7,9-10,12,16,18H,2,5,8,11,13H2,1H3/t16-/m0/s1. The molecule has 0 aliphatic carbocycles. The van der Waals surface area contributed by atoms with Crippen molar-refractivity contribution < 1.29 is 8.42 Å². The Morgan fingerprint density at radius 1 is 1.18 bits per heavy atom. The summed E-state index contributed by atoms with van der Waals surface area (Å²) in [5.74, 6) is 0. The van der Waals surface area contributed by atoms with Crippen LogP contribution in [-0.4, -0.2) is 39.0 Å². The van der Waals surface area contributed by atoms with Crippen LogP contribution in [0.5, 0.6) is 0 Å². The monoisotopic (exact) mass is 318 g/mol. The van der Waals surface area contributed by atoms with E-state index in [0.717, 1.165) is 43.2 Å². The van der Waals surface area contributed by atoms with Crippen LogP contribution in [0.3, 0.4) is 0 Å². The predicted molar refractivity (Wildman–Crippen MR) is 89.4 cm³/mol. The number of likely N-dealkylation sites (N-methyl/N-ethyl adjacent to an activating group) is 1. The molecule has 5 heteroatoms. The van der Waals surface area contributed by atoms with Crippen molar-refractivity contribution in [1.29, 1.82) is 0 Å². The highest BCUT2D eigenvalue weighted by Crippen LogP contribution is 2.20. The molecule has 3 rings (SSSR count). The van der Waals surface area contributed by atoms with Gasteiger partial charge in [-0.2, -0.15) is 0 Å². The fourth-order valence-electron chi connectivity index (χ4n) is 3.06. The molecule has 1 saturated heterocycles. The summed E-state index contributed by atoms with van der Waals surface area (Å²) in [6.07, 6.45) is 1.95. The third-order valence-corrected chi connectivity index (χ3v) is 5.82.